The molecule has 9 heteroatoms. The third-order valence-corrected chi connectivity index (χ3v) is 3.84. The van der Waals surface area contributed by atoms with Gasteiger partial charge in [-0.15, -0.1) is 10.2 Å². The first kappa shape index (κ1) is 14.3. The van der Waals surface area contributed by atoms with E-state index in [9.17, 15) is 4.79 Å². The van der Waals surface area contributed by atoms with Gasteiger partial charge < -0.3 is 0 Å². The Kier molecular flexibility index (Phi) is 5.20. The Morgan fingerprint density at radius 2 is 2.32 bits per heavy atom. The SMILES string of the molecule is CCCCn1c(SCCn2cnc(Br)n2)n[nH]c1=O. The van der Waals surface area contributed by atoms with Gasteiger partial charge in [0.05, 0.1) is 6.54 Å². The summed E-state index contributed by atoms with van der Waals surface area (Å²) in [4.78, 5) is 15.6. The molecule has 7 nitrogen and oxygen atoms in total. The molecule has 2 aromatic rings. The zero-order valence-electron chi connectivity index (χ0n) is 10.5. The molecule has 0 unspecified atom stereocenters. The topological polar surface area (TPSA) is 81.4 Å². The third-order valence-electron chi connectivity index (χ3n) is 2.52. The van der Waals surface area contributed by atoms with Gasteiger partial charge in [-0.3, -0.25) is 9.25 Å². The maximum atomic E-state index is 11.6. The molecule has 0 aliphatic rings. The van der Waals surface area contributed by atoms with Crippen LogP contribution in [0, 0.1) is 0 Å². The van der Waals surface area contributed by atoms with Crippen LogP contribution in [0.1, 0.15) is 19.8 Å². The van der Waals surface area contributed by atoms with E-state index in [1.807, 2.05) is 0 Å². The molecule has 0 saturated carbocycles. The highest BCUT2D eigenvalue weighted by Crippen LogP contribution is 2.14. The van der Waals surface area contributed by atoms with Crippen molar-refractivity contribution in [1.29, 1.82) is 0 Å². The summed E-state index contributed by atoms with van der Waals surface area (Å²) in [5, 5.41) is 11.4. The van der Waals surface area contributed by atoms with Gasteiger partial charge in [0.25, 0.3) is 0 Å². The van der Waals surface area contributed by atoms with Crippen LogP contribution in [0.2, 0.25) is 0 Å². The number of aromatic nitrogens is 6. The molecule has 0 saturated heterocycles. The Morgan fingerprint density at radius 3 is 3.00 bits per heavy atom. The van der Waals surface area contributed by atoms with Gasteiger partial charge in [-0.2, -0.15) is 0 Å². The molecule has 2 heterocycles. The van der Waals surface area contributed by atoms with Gasteiger partial charge >= 0.3 is 5.69 Å². The van der Waals surface area contributed by atoms with Crippen LogP contribution in [-0.2, 0) is 13.1 Å². The summed E-state index contributed by atoms with van der Waals surface area (Å²) >= 11 is 4.74. The molecule has 0 fully saturated rings. The lowest BCUT2D eigenvalue weighted by atomic mass is 10.3. The van der Waals surface area contributed by atoms with Gasteiger partial charge in [0.15, 0.2) is 5.16 Å². The summed E-state index contributed by atoms with van der Waals surface area (Å²) in [6.07, 6.45) is 3.69. The van der Waals surface area contributed by atoms with Crippen LogP contribution in [0.15, 0.2) is 21.0 Å². The van der Waals surface area contributed by atoms with Crippen LogP contribution in [0.25, 0.3) is 0 Å². The number of hydrogen-bond donors (Lipinski definition) is 1. The van der Waals surface area contributed by atoms with Crippen molar-refractivity contribution < 1.29 is 0 Å². The monoisotopic (exact) mass is 346 g/mol. The minimum Gasteiger partial charge on any atom is -0.270 e. The van der Waals surface area contributed by atoms with Gasteiger partial charge in [-0.1, -0.05) is 25.1 Å². The number of unbranched alkanes of at least 4 members (excludes halogenated alkanes) is 1. The zero-order chi connectivity index (χ0) is 13.7. The van der Waals surface area contributed by atoms with E-state index in [1.54, 1.807) is 15.6 Å². The lowest BCUT2D eigenvalue weighted by molar-refractivity contribution is 0.572. The maximum absolute atomic E-state index is 11.6. The van der Waals surface area contributed by atoms with E-state index in [1.165, 1.54) is 11.8 Å². The largest absolute Gasteiger partial charge is 0.343 e. The van der Waals surface area contributed by atoms with Crippen LogP contribution in [0.3, 0.4) is 0 Å². The number of halogens is 1. The molecule has 0 radical (unpaired) electrons. The minimum absolute atomic E-state index is 0.139. The van der Waals surface area contributed by atoms with Crippen molar-refractivity contribution in [1.82, 2.24) is 29.5 Å². The predicted molar refractivity (Wildman–Crippen MR) is 76.2 cm³/mol. The van der Waals surface area contributed by atoms with Crippen molar-refractivity contribution in [2.24, 2.45) is 0 Å². The normalized spacial score (nSPS) is 11.1. The maximum Gasteiger partial charge on any atom is 0.343 e. The van der Waals surface area contributed by atoms with Crippen LogP contribution in [0.5, 0.6) is 0 Å². The highest BCUT2D eigenvalue weighted by Gasteiger charge is 2.08. The van der Waals surface area contributed by atoms with Crippen LogP contribution >= 0.6 is 27.7 Å². The van der Waals surface area contributed by atoms with Crippen LogP contribution in [-0.4, -0.2) is 35.3 Å². The Hall–Kier alpha value is -1.09. The molecule has 0 aromatic carbocycles. The highest BCUT2D eigenvalue weighted by atomic mass is 79.9. The average Bonchev–Trinajstić information content (AvgIpc) is 2.95. The minimum atomic E-state index is -0.139. The first-order valence-electron chi connectivity index (χ1n) is 6.03. The molecule has 2 rings (SSSR count). The van der Waals surface area contributed by atoms with E-state index in [-0.39, 0.29) is 5.69 Å². The first-order valence-corrected chi connectivity index (χ1v) is 7.81. The molecule has 0 aliphatic carbocycles. The second-order valence-electron chi connectivity index (χ2n) is 3.94. The quantitative estimate of drug-likeness (QED) is 0.768. The molecule has 2 aromatic heterocycles. The summed E-state index contributed by atoms with van der Waals surface area (Å²) < 4.78 is 4.01. The predicted octanol–water partition coefficient (Wildman–Crippen LogP) is 1.52. The van der Waals surface area contributed by atoms with Gasteiger partial charge in [-0.25, -0.2) is 14.9 Å². The number of nitrogens with zero attached hydrogens (tertiary/aromatic N) is 5. The van der Waals surface area contributed by atoms with Gasteiger partial charge in [0.1, 0.15) is 6.33 Å². The molecule has 0 amide bonds. The Bertz CT molecular complexity index is 577. The number of thioether (sulfide) groups is 1. The van der Waals surface area contributed by atoms with E-state index < -0.39 is 0 Å². The van der Waals surface area contributed by atoms with E-state index in [4.69, 9.17) is 0 Å². The number of nitrogens with one attached hydrogen (secondary N) is 1. The fraction of sp³-hybridized carbons (Fsp3) is 0.600. The van der Waals surface area contributed by atoms with Crippen molar-refractivity contribution in [2.45, 2.75) is 38.0 Å². The summed E-state index contributed by atoms with van der Waals surface area (Å²) in [7, 11) is 0. The second kappa shape index (κ2) is 6.90. The number of aryl methyl sites for hydroxylation is 1. The first-order chi connectivity index (χ1) is 9.20. The average molecular weight is 347 g/mol. The molecule has 0 atom stereocenters. The van der Waals surface area contributed by atoms with Crippen LogP contribution in [0.4, 0.5) is 0 Å². The van der Waals surface area contributed by atoms with Gasteiger partial charge in [0, 0.05) is 12.3 Å². The Labute approximate surface area is 122 Å². The molecule has 0 aliphatic heterocycles. The summed E-state index contributed by atoms with van der Waals surface area (Å²) in [6, 6.07) is 0. The standard InChI is InChI=1S/C10H15BrN6OS/c1-2-3-4-17-9(18)13-14-10(17)19-6-5-16-7-12-8(11)15-16/h7H,2-6H2,1H3,(H,13,18). The Morgan fingerprint density at radius 1 is 1.47 bits per heavy atom. The fourth-order valence-corrected chi connectivity index (χ4v) is 2.73. The fourth-order valence-electron chi connectivity index (χ4n) is 1.54. The molecular weight excluding hydrogens is 332 g/mol. The van der Waals surface area contributed by atoms with Crippen molar-refractivity contribution >= 4 is 27.7 Å². The number of rotatable bonds is 7. The molecule has 0 bridgehead atoms. The smallest absolute Gasteiger partial charge is 0.270 e. The molecule has 19 heavy (non-hydrogen) atoms. The van der Waals surface area contributed by atoms with Gasteiger partial charge in [0.2, 0.25) is 4.73 Å². The lowest BCUT2D eigenvalue weighted by Gasteiger charge is -2.04. The van der Waals surface area contributed by atoms with E-state index in [0.29, 0.717) is 11.3 Å². The number of hydrogen-bond acceptors (Lipinski definition) is 5. The van der Waals surface area contributed by atoms with E-state index in [0.717, 1.165) is 30.3 Å². The van der Waals surface area contributed by atoms with Crippen molar-refractivity contribution in [3.8, 4) is 0 Å². The number of aromatic amines is 1. The van der Waals surface area contributed by atoms with E-state index in [2.05, 4.69) is 43.1 Å². The Balaban J connectivity index is 1.90. The van der Waals surface area contributed by atoms with Gasteiger partial charge in [-0.05, 0) is 22.4 Å². The summed E-state index contributed by atoms with van der Waals surface area (Å²) in [5.41, 5.74) is -0.139. The second-order valence-corrected chi connectivity index (χ2v) is 5.71. The van der Waals surface area contributed by atoms with Crippen molar-refractivity contribution in [2.75, 3.05) is 5.75 Å². The van der Waals surface area contributed by atoms with Crippen molar-refractivity contribution in [3.63, 3.8) is 0 Å². The third kappa shape index (κ3) is 3.93. The molecule has 104 valence electrons. The summed E-state index contributed by atoms with van der Waals surface area (Å²) in [5.74, 6) is 0.784. The van der Waals surface area contributed by atoms with Crippen LogP contribution < -0.4 is 5.69 Å². The van der Waals surface area contributed by atoms with Crippen molar-refractivity contribution in [3.05, 3.63) is 21.5 Å². The molecular formula is C10H15BrN6OS. The zero-order valence-corrected chi connectivity index (χ0v) is 12.9. The van der Waals surface area contributed by atoms with E-state index >= 15 is 0 Å². The number of H-pyrrole nitrogens is 1. The molecule has 1 N–H and O–H groups in total. The lowest BCUT2D eigenvalue weighted by Crippen LogP contribution is -2.17. The summed E-state index contributed by atoms with van der Waals surface area (Å²) in [6.45, 7) is 3.53. The molecule has 0 spiro atoms. The highest BCUT2D eigenvalue weighted by molar-refractivity contribution is 9.10.